The van der Waals surface area contributed by atoms with Crippen molar-refractivity contribution >= 4 is 23.8 Å². The maximum absolute atomic E-state index is 5.83. The molecule has 6 heteroatoms. The predicted octanol–water partition coefficient (Wildman–Crippen LogP) is -0.116. The molecule has 2 aromatic rings. The molecule has 0 bridgehead atoms. The van der Waals surface area contributed by atoms with Crippen molar-refractivity contribution in [2.45, 2.75) is 19.4 Å². The second kappa shape index (κ2) is 6.75. The summed E-state index contributed by atoms with van der Waals surface area (Å²) in [5.41, 5.74) is 6.78. The van der Waals surface area contributed by atoms with Gasteiger partial charge in [-0.1, -0.05) is 12.2 Å². The van der Waals surface area contributed by atoms with Gasteiger partial charge in [-0.05, 0) is 23.4 Å². The Bertz CT molecular complexity index is 795. The van der Waals surface area contributed by atoms with E-state index < -0.39 is 0 Å². The van der Waals surface area contributed by atoms with Crippen molar-refractivity contribution in [3.05, 3.63) is 40.8 Å². The molecule has 0 unspecified atom stereocenters. The molecule has 0 aliphatic carbocycles. The molecule has 1 saturated heterocycles. The Hall–Kier alpha value is -2.47. The largest absolute Gasteiger partial charge is 0.373 e. The van der Waals surface area contributed by atoms with E-state index in [4.69, 9.17) is 5.73 Å². The van der Waals surface area contributed by atoms with Crippen LogP contribution in [-0.4, -0.2) is 41.1 Å². The van der Waals surface area contributed by atoms with Crippen molar-refractivity contribution in [1.82, 2.24) is 15.0 Å². The van der Waals surface area contributed by atoms with Gasteiger partial charge in [0.15, 0.2) is 0 Å². The fraction of sp³-hybridized carbons (Fsp3) is 0.353. The molecule has 1 fully saturated rings. The van der Waals surface area contributed by atoms with E-state index in [0.717, 1.165) is 47.3 Å². The lowest BCUT2D eigenvalue weighted by molar-refractivity contribution is 0.513. The highest BCUT2D eigenvalue weighted by Gasteiger charge is 2.24. The van der Waals surface area contributed by atoms with Crippen molar-refractivity contribution in [2.24, 2.45) is 5.73 Å². The van der Waals surface area contributed by atoms with Gasteiger partial charge >= 0.3 is 0 Å². The van der Waals surface area contributed by atoms with Gasteiger partial charge in [0.1, 0.15) is 11.6 Å². The first-order valence-corrected chi connectivity index (χ1v) is 7.81. The van der Waals surface area contributed by atoms with E-state index in [1.807, 2.05) is 32.4 Å². The summed E-state index contributed by atoms with van der Waals surface area (Å²) in [4.78, 5) is 15.5. The van der Waals surface area contributed by atoms with E-state index in [1.54, 1.807) is 6.20 Å². The van der Waals surface area contributed by atoms with Crippen molar-refractivity contribution in [1.29, 1.82) is 0 Å². The lowest BCUT2D eigenvalue weighted by Gasteiger charge is -2.37. The number of rotatable bonds is 4. The third-order valence-electron chi connectivity index (χ3n) is 3.97. The standard InChI is InChI=1S/C17H22N6/c1-3-12-7-21-16(19-2)6-13(12)4-5-15-8-20-9-17(22-15)23-10-14(18)11-23/h3-4,6-9,14,19H,5,10-11,18H2,1-2H3/b12-3-,13-4-. The van der Waals surface area contributed by atoms with Crippen LogP contribution in [-0.2, 0) is 6.42 Å². The number of hydrogen-bond acceptors (Lipinski definition) is 6. The van der Waals surface area contributed by atoms with Gasteiger partial charge in [0.25, 0.3) is 0 Å². The van der Waals surface area contributed by atoms with Crippen LogP contribution in [0.25, 0.3) is 12.2 Å². The first kappa shape index (κ1) is 15.4. The minimum atomic E-state index is 0.256. The van der Waals surface area contributed by atoms with Gasteiger partial charge < -0.3 is 16.0 Å². The van der Waals surface area contributed by atoms with Crippen LogP contribution in [0.3, 0.4) is 0 Å². The summed E-state index contributed by atoms with van der Waals surface area (Å²) >= 11 is 0. The van der Waals surface area contributed by atoms with Gasteiger partial charge in [-0.25, -0.2) is 9.97 Å². The van der Waals surface area contributed by atoms with E-state index in [9.17, 15) is 0 Å². The molecule has 0 radical (unpaired) electrons. The number of pyridine rings is 1. The normalized spacial score (nSPS) is 16.6. The van der Waals surface area contributed by atoms with Gasteiger partial charge in [0.05, 0.1) is 11.9 Å². The number of nitrogens with two attached hydrogens (primary N) is 1. The Morgan fingerprint density at radius 1 is 1.30 bits per heavy atom. The van der Waals surface area contributed by atoms with Crippen LogP contribution in [0.1, 0.15) is 12.6 Å². The van der Waals surface area contributed by atoms with Gasteiger partial charge in [0.2, 0.25) is 0 Å². The van der Waals surface area contributed by atoms with E-state index in [0.29, 0.717) is 0 Å². The minimum absolute atomic E-state index is 0.256. The van der Waals surface area contributed by atoms with E-state index in [2.05, 4.69) is 37.3 Å². The second-order valence-electron chi connectivity index (χ2n) is 5.68. The Morgan fingerprint density at radius 2 is 2.13 bits per heavy atom. The molecular weight excluding hydrogens is 288 g/mol. The number of anilines is 2. The second-order valence-corrected chi connectivity index (χ2v) is 5.68. The lowest BCUT2D eigenvalue weighted by atomic mass is 10.1. The van der Waals surface area contributed by atoms with Crippen LogP contribution in [0.2, 0.25) is 0 Å². The molecule has 6 nitrogen and oxygen atoms in total. The molecule has 3 N–H and O–H groups in total. The highest BCUT2D eigenvalue weighted by Crippen LogP contribution is 2.16. The molecule has 1 aliphatic rings. The molecule has 1 aliphatic heterocycles. The molecule has 3 heterocycles. The van der Waals surface area contributed by atoms with Crippen molar-refractivity contribution in [3.63, 3.8) is 0 Å². The molecule has 23 heavy (non-hydrogen) atoms. The summed E-state index contributed by atoms with van der Waals surface area (Å²) in [5.74, 6) is 1.77. The fourth-order valence-corrected chi connectivity index (χ4v) is 2.60. The number of nitrogens with zero attached hydrogens (tertiary/aromatic N) is 4. The maximum atomic E-state index is 5.83. The minimum Gasteiger partial charge on any atom is -0.373 e. The third kappa shape index (κ3) is 3.48. The van der Waals surface area contributed by atoms with Crippen molar-refractivity contribution < 1.29 is 0 Å². The third-order valence-corrected chi connectivity index (χ3v) is 3.97. The SMILES string of the molecule is C/C=c1/cnc(NC)c/c1=C/Cc1cncc(N2CC(N)C2)n1. The molecule has 0 amide bonds. The molecule has 120 valence electrons. The molecule has 0 saturated carbocycles. The summed E-state index contributed by atoms with van der Waals surface area (Å²) in [5, 5.41) is 5.33. The molecule has 0 atom stereocenters. The Balaban J connectivity index is 1.84. The van der Waals surface area contributed by atoms with Crippen LogP contribution in [0, 0.1) is 0 Å². The number of hydrogen-bond donors (Lipinski definition) is 2. The zero-order valence-electron chi connectivity index (χ0n) is 13.5. The van der Waals surface area contributed by atoms with Gasteiger partial charge in [0, 0.05) is 45.0 Å². The predicted molar refractivity (Wildman–Crippen MR) is 93.6 cm³/mol. The van der Waals surface area contributed by atoms with E-state index >= 15 is 0 Å². The van der Waals surface area contributed by atoms with Crippen molar-refractivity contribution in [3.8, 4) is 0 Å². The van der Waals surface area contributed by atoms with Crippen molar-refractivity contribution in [2.75, 3.05) is 30.4 Å². The summed E-state index contributed by atoms with van der Waals surface area (Å²) in [7, 11) is 1.87. The molecule has 3 rings (SSSR count). The van der Waals surface area contributed by atoms with Crippen LogP contribution >= 0.6 is 0 Å². The Morgan fingerprint density at radius 3 is 2.83 bits per heavy atom. The topological polar surface area (TPSA) is 80.0 Å². The highest BCUT2D eigenvalue weighted by atomic mass is 15.3. The van der Waals surface area contributed by atoms with Gasteiger partial charge in [-0.15, -0.1) is 0 Å². The fourth-order valence-electron chi connectivity index (χ4n) is 2.60. The average Bonchev–Trinajstić information content (AvgIpc) is 2.57. The first-order chi connectivity index (χ1) is 11.2. The van der Waals surface area contributed by atoms with E-state index in [-0.39, 0.29) is 6.04 Å². The lowest BCUT2D eigenvalue weighted by Crippen LogP contribution is -2.56. The Labute approximate surface area is 135 Å². The van der Waals surface area contributed by atoms with Crippen LogP contribution in [0.4, 0.5) is 11.6 Å². The van der Waals surface area contributed by atoms with E-state index in [1.165, 1.54) is 0 Å². The van der Waals surface area contributed by atoms with Gasteiger partial charge in [-0.3, -0.25) is 4.98 Å². The van der Waals surface area contributed by atoms with Crippen LogP contribution in [0.5, 0.6) is 0 Å². The number of nitrogens with one attached hydrogen (secondary N) is 1. The molecule has 0 aromatic carbocycles. The summed E-state index contributed by atoms with van der Waals surface area (Å²) < 4.78 is 0. The molecule has 0 spiro atoms. The molecular formula is C17H22N6. The summed E-state index contributed by atoms with van der Waals surface area (Å²) in [6.45, 7) is 3.72. The quantitative estimate of drug-likeness (QED) is 0.820. The smallest absolute Gasteiger partial charge is 0.147 e. The first-order valence-electron chi connectivity index (χ1n) is 7.81. The van der Waals surface area contributed by atoms with Gasteiger partial charge in [-0.2, -0.15) is 0 Å². The number of aromatic nitrogens is 3. The van der Waals surface area contributed by atoms with Crippen LogP contribution < -0.4 is 26.4 Å². The Kier molecular flexibility index (Phi) is 4.52. The summed E-state index contributed by atoms with van der Waals surface area (Å²) in [6, 6.07) is 2.30. The average molecular weight is 310 g/mol. The van der Waals surface area contributed by atoms with Crippen LogP contribution in [0.15, 0.2) is 24.7 Å². The maximum Gasteiger partial charge on any atom is 0.147 e. The summed E-state index contributed by atoms with van der Waals surface area (Å²) in [6.07, 6.45) is 10.4. The zero-order valence-corrected chi connectivity index (χ0v) is 13.5. The zero-order chi connectivity index (χ0) is 16.2. The monoisotopic (exact) mass is 310 g/mol. The highest BCUT2D eigenvalue weighted by molar-refractivity contribution is 5.43. The molecule has 2 aromatic heterocycles.